The van der Waals surface area contributed by atoms with Crippen molar-refractivity contribution in [3.8, 4) is 0 Å². The predicted octanol–water partition coefficient (Wildman–Crippen LogP) is 1.03. The van der Waals surface area contributed by atoms with Crippen LogP contribution >= 0.6 is 0 Å². The molecule has 2 aliphatic heterocycles. The van der Waals surface area contributed by atoms with E-state index in [1.54, 1.807) is 0 Å². The molecule has 0 bridgehead atoms. The van der Waals surface area contributed by atoms with Crippen LogP contribution in [0.1, 0.15) is 51.0 Å². The quantitative estimate of drug-likeness (QED) is 0.860. The number of nitrogens with zero attached hydrogens (tertiary/aromatic N) is 3. The number of rotatable bonds is 4. The number of hydrogen-bond acceptors (Lipinski definition) is 6. The summed E-state index contributed by atoms with van der Waals surface area (Å²) in [6.07, 6.45) is 4.80. The van der Waals surface area contributed by atoms with Gasteiger partial charge < -0.3 is 9.73 Å². The zero-order chi connectivity index (χ0) is 14.9. The summed E-state index contributed by atoms with van der Waals surface area (Å²) in [6.45, 7) is 3.36. The first-order chi connectivity index (χ1) is 10.1. The maximum atomic E-state index is 12.4. The Hall–Kier alpha value is -1.19. The van der Waals surface area contributed by atoms with Crippen molar-refractivity contribution in [1.82, 2.24) is 19.8 Å². The van der Waals surface area contributed by atoms with E-state index in [2.05, 4.69) is 20.2 Å². The van der Waals surface area contributed by atoms with Gasteiger partial charge in [-0.25, -0.2) is 4.72 Å². The molecular weight excluding hydrogens is 294 g/mol. The van der Waals surface area contributed by atoms with E-state index in [1.165, 1.54) is 4.31 Å². The van der Waals surface area contributed by atoms with Gasteiger partial charge in [-0.05, 0) is 39.2 Å². The maximum Gasteiger partial charge on any atom is 0.330 e. The van der Waals surface area contributed by atoms with Crippen molar-refractivity contribution < 1.29 is 12.8 Å². The molecule has 2 aliphatic rings. The molecule has 8 nitrogen and oxygen atoms in total. The minimum absolute atomic E-state index is 0.00450. The summed E-state index contributed by atoms with van der Waals surface area (Å²) in [5.41, 5.74) is 0. The van der Waals surface area contributed by atoms with E-state index in [0.29, 0.717) is 12.4 Å². The zero-order valence-corrected chi connectivity index (χ0v) is 12.9. The molecule has 0 aliphatic carbocycles. The minimum atomic E-state index is -3.63. The molecule has 2 N–H and O–H groups in total. The number of piperidine rings is 1. The zero-order valence-electron chi connectivity index (χ0n) is 12.1. The van der Waals surface area contributed by atoms with E-state index in [-0.39, 0.29) is 18.1 Å². The Morgan fingerprint density at radius 1 is 1.29 bits per heavy atom. The van der Waals surface area contributed by atoms with E-state index < -0.39 is 10.2 Å². The fourth-order valence-electron chi connectivity index (χ4n) is 2.91. The summed E-state index contributed by atoms with van der Waals surface area (Å²) in [5.74, 6) is 0.442. The van der Waals surface area contributed by atoms with Crippen LogP contribution in [0.25, 0.3) is 0 Å². The molecule has 3 heterocycles. The normalized spacial score (nSPS) is 27.9. The van der Waals surface area contributed by atoms with Crippen LogP contribution in [-0.4, -0.2) is 42.1 Å². The SMILES string of the molecule is CC1CCCCN1S(=O)(=O)Nc1nnc(C2CCCN2)o1. The van der Waals surface area contributed by atoms with Crippen molar-refractivity contribution >= 4 is 16.2 Å². The first kappa shape index (κ1) is 14.7. The summed E-state index contributed by atoms with van der Waals surface area (Å²) >= 11 is 0. The van der Waals surface area contributed by atoms with Crippen LogP contribution in [0.3, 0.4) is 0 Å². The average molecular weight is 315 g/mol. The van der Waals surface area contributed by atoms with Crippen molar-refractivity contribution in [3.63, 3.8) is 0 Å². The van der Waals surface area contributed by atoms with Crippen LogP contribution in [0.5, 0.6) is 0 Å². The van der Waals surface area contributed by atoms with Gasteiger partial charge in [-0.1, -0.05) is 11.5 Å². The first-order valence-electron chi connectivity index (χ1n) is 7.42. The Balaban J connectivity index is 1.70. The molecule has 2 atom stereocenters. The maximum absolute atomic E-state index is 12.4. The van der Waals surface area contributed by atoms with Crippen molar-refractivity contribution in [2.75, 3.05) is 17.8 Å². The lowest BCUT2D eigenvalue weighted by atomic mass is 10.1. The van der Waals surface area contributed by atoms with Gasteiger partial charge in [0.15, 0.2) is 0 Å². The molecule has 118 valence electrons. The Labute approximate surface area is 124 Å². The van der Waals surface area contributed by atoms with Crippen molar-refractivity contribution in [2.45, 2.75) is 51.1 Å². The molecule has 9 heteroatoms. The summed E-state index contributed by atoms with van der Waals surface area (Å²) < 4.78 is 34.0. The van der Waals surface area contributed by atoms with Crippen LogP contribution in [0.4, 0.5) is 6.01 Å². The minimum Gasteiger partial charge on any atom is -0.406 e. The van der Waals surface area contributed by atoms with Gasteiger partial charge in [-0.3, -0.25) is 0 Å². The first-order valence-corrected chi connectivity index (χ1v) is 8.86. The molecule has 0 spiro atoms. The van der Waals surface area contributed by atoms with Gasteiger partial charge in [-0.2, -0.15) is 12.7 Å². The van der Waals surface area contributed by atoms with E-state index >= 15 is 0 Å². The lowest BCUT2D eigenvalue weighted by Crippen LogP contribution is -2.44. The molecule has 1 aromatic heterocycles. The van der Waals surface area contributed by atoms with Crippen molar-refractivity contribution in [1.29, 1.82) is 0 Å². The topological polar surface area (TPSA) is 100 Å². The fraction of sp³-hybridized carbons (Fsp3) is 0.833. The van der Waals surface area contributed by atoms with Gasteiger partial charge in [0, 0.05) is 12.6 Å². The van der Waals surface area contributed by atoms with Gasteiger partial charge in [0.05, 0.1) is 6.04 Å². The molecule has 0 amide bonds. The van der Waals surface area contributed by atoms with Crippen molar-refractivity contribution in [3.05, 3.63) is 5.89 Å². The largest absolute Gasteiger partial charge is 0.406 e. The van der Waals surface area contributed by atoms with Gasteiger partial charge in [-0.15, -0.1) is 5.10 Å². The summed E-state index contributed by atoms with van der Waals surface area (Å²) in [5, 5.41) is 10.9. The molecule has 0 aromatic carbocycles. The second kappa shape index (κ2) is 5.90. The molecule has 3 rings (SSSR count). The highest BCUT2D eigenvalue weighted by Crippen LogP contribution is 2.25. The number of hydrogen-bond donors (Lipinski definition) is 2. The van der Waals surface area contributed by atoms with Gasteiger partial charge >= 0.3 is 16.2 Å². The highest BCUT2D eigenvalue weighted by molar-refractivity contribution is 7.90. The average Bonchev–Trinajstić information content (AvgIpc) is 3.09. The lowest BCUT2D eigenvalue weighted by Gasteiger charge is -2.31. The van der Waals surface area contributed by atoms with Crippen LogP contribution < -0.4 is 10.0 Å². The Kier molecular flexibility index (Phi) is 4.14. The van der Waals surface area contributed by atoms with Crippen molar-refractivity contribution in [2.24, 2.45) is 0 Å². The number of anilines is 1. The predicted molar refractivity (Wildman–Crippen MR) is 76.8 cm³/mol. The molecule has 2 fully saturated rings. The van der Waals surface area contributed by atoms with Gasteiger partial charge in [0.1, 0.15) is 0 Å². The second-order valence-corrected chi connectivity index (χ2v) is 7.28. The fourth-order valence-corrected chi connectivity index (χ4v) is 4.28. The third-order valence-electron chi connectivity index (χ3n) is 4.07. The van der Waals surface area contributed by atoms with Gasteiger partial charge in [0.25, 0.3) is 0 Å². The standard InChI is InChI=1S/C12H21N5O3S/c1-9-5-2-3-8-17(9)21(18,19)16-12-15-14-11(20-12)10-6-4-7-13-10/h9-10,13H,2-8H2,1H3,(H,15,16). The molecular formula is C12H21N5O3S. The number of aromatic nitrogens is 2. The summed E-state index contributed by atoms with van der Waals surface area (Å²) in [4.78, 5) is 0. The van der Waals surface area contributed by atoms with Crippen LogP contribution in [-0.2, 0) is 10.2 Å². The molecule has 2 saturated heterocycles. The monoisotopic (exact) mass is 315 g/mol. The van der Waals surface area contributed by atoms with Crippen LogP contribution in [0, 0.1) is 0 Å². The van der Waals surface area contributed by atoms with Gasteiger partial charge in [0.2, 0.25) is 5.89 Å². The Bertz CT molecular complexity index is 581. The highest BCUT2D eigenvalue weighted by Gasteiger charge is 2.31. The van der Waals surface area contributed by atoms with Crippen LogP contribution in [0.2, 0.25) is 0 Å². The molecule has 21 heavy (non-hydrogen) atoms. The van der Waals surface area contributed by atoms with E-state index in [4.69, 9.17) is 4.42 Å². The smallest absolute Gasteiger partial charge is 0.330 e. The summed E-state index contributed by atoms with van der Waals surface area (Å²) in [6, 6.07) is -0.0312. The third-order valence-corrected chi connectivity index (χ3v) is 5.66. The summed E-state index contributed by atoms with van der Waals surface area (Å²) in [7, 11) is -3.63. The third kappa shape index (κ3) is 3.19. The molecule has 0 saturated carbocycles. The van der Waals surface area contributed by atoms with Crippen LogP contribution in [0.15, 0.2) is 4.42 Å². The molecule has 2 unspecified atom stereocenters. The second-order valence-electron chi connectivity index (χ2n) is 5.66. The molecule has 1 aromatic rings. The van der Waals surface area contributed by atoms with E-state index in [0.717, 1.165) is 38.6 Å². The van der Waals surface area contributed by atoms with E-state index in [9.17, 15) is 8.42 Å². The molecule has 0 radical (unpaired) electrons. The number of nitrogens with one attached hydrogen (secondary N) is 2. The lowest BCUT2D eigenvalue weighted by molar-refractivity contribution is 0.270. The van der Waals surface area contributed by atoms with E-state index in [1.807, 2.05) is 6.92 Å². The highest BCUT2D eigenvalue weighted by atomic mass is 32.2. The Morgan fingerprint density at radius 2 is 2.14 bits per heavy atom. The Morgan fingerprint density at radius 3 is 2.86 bits per heavy atom.